The lowest BCUT2D eigenvalue weighted by Crippen LogP contribution is -2.57. The molecule has 0 fully saturated rings. The van der Waals surface area contributed by atoms with E-state index in [1.165, 1.54) is 0 Å². The van der Waals surface area contributed by atoms with Crippen molar-refractivity contribution in [2.75, 3.05) is 13.2 Å². The highest BCUT2D eigenvalue weighted by atomic mass is 32.2. The summed E-state index contributed by atoms with van der Waals surface area (Å²) < 4.78 is 156. The number of aliphatic hydroxyl groups is 2. The molecule has 0 saturated carbocycles. The molecule has 0 aliphatic carbocycles. The summed E-state index contributed by atoms with van der Waals surface area (Å²) >= 11 is 0. The van der Waals surface area contributed by atoms with Crippen molar-refractivity contribution in [2.45, 2.75) is 67.6 Å². The number of rotatable bonds is 11. The zero-order valence-corrected chi connectivity index (χ0v) is 18.6. The summed E-state index contributed by atoms with van der Waals surface area (Å²) in [5.41, 5.74) is -8.35. The third-order valence-corrected chi connectivity index (χ3v) is 5.58. The molecule has 0 aliphatic rings. The van der Waals surface area contributed by atoms with Crippen LogP contribution in [-0.4, -0.2) is 66.1 Å². The van der Waals surface area contributed by atoms with Gasteiger partial charge in [-0.3, -0.25) is 4.55 Å². The monoisotopic (exact) mass is 552 g/mol. The topological polar surface area (TPSA) is 113 Å². The normalized spacial score (nSPS) is 15.8. The lowest BCUT2D eigenvalue weighted by atomic mass is 9.99. The predicted octanol–water partition coefficient (Wildman–Crippen LogP) is 3.92. The van der Waals surface area contributed by atoms with Gasteiger partial charge >= 0.3 is 18.5 Å². The van der Waals surface area contributed by atoms with Crippen molar-refractivity contribution in [3.63, 3.8) is 0 Å². The van der Waals surface area contributed by atoms with Crippen LogP contribution in [0, 0.1) is 0 Å². The van der Waals surface area contributed by atoms with Crippen LogP contribution in [0.2, 0.25) is 0 Å². The van der Waals surface area contributed by atoms with Gasteiger partial charge in [-0.1, -0.05) is 6.07 Å². The van der Waals surface area contributed by atoms with Gasteiger partial charge in [0.1, 0.15) is 0 Å². The van der Waals surface area contributed by atoms with Gasteiger partial charge in [-0.15, -0.1) is 0 Å². The minimum absolute atomic E-state index is 0.0625. The molecule has 17 heteroatoms. The second-order valence-corrected chi connectivity index (χ2v) is 9.11. The molecular formula is C18H21F9O7S. The molecule has 0 aromatic heterocycles. The quantitative estimate of drug-likeness (QED) is 0.217. The first-order chi connectivity index (χ1) is 15.5. The molecule has 204 valence electrons. The first kappa shape index (κ1) is 31.4. The average molecular weight is 552 g/mol. The van der Waals surface area contributed by atoms with Gasteiger partial charge in [0.2, 0.25) is 0 Å². The molecule has 0 heterocycles. The Morgan fingerprint density at radius 2 is 1.14 bits per heavy atom. The fraction of sp³-hybridized carbons (Fsp3) is 0.667. The van der Waals surface area contributed by atoms with E-state index in [0.29, 0.717) is 6.92 Å². The summed E-state index contributed by atoms with van der Waals surface area (Å²) in [6.45, 7) is -2.69. The lowest BCUT2D eigenvalue weighted by molar-refractivity contribution is -0.371. The van der Waals surface area contributed by atoms with E-state index in [-0.39, 0.29) is 11.1 Å². The molecule has 7 nitrogen and oxygen atoms in total. The summed E-state index contributed by atoms with van der Waals surface area (Å²) in [5.74, 6) is 0. The van der Waals surface area contributed by atoms with Gasteiger partial charge in [-0.2, -0.15) is 47.9 Å². The highest BCUT2D eigenvalue weighted by molar-refractivity contribution is 7.85. The van der Waals surface area contributed by atoms with Crippen LogP contribution in [0.5, 0.6) is 0 Å². The first-order valence-corrected chi connectivity index (χ1v) is 10.9. The smallest absolute Gasteiger partial charge is 0.381 e. The number of hydrogen-bond acceptors (Lipinski definition) is 6. The minimum atomic E-state index is -6.05. The Morgan fingerprint density at radius 1 is 0.743 bits per heavy atom. The van der Waals surface area contributed by atoms with Gasteiger partial charge in [0.25, 0.3) is 15.7 Å². The van der Waals surface area contributed by atoms with Gasteiger partial charge in [0, 0.05) is 12.8 Å². The molecule has 0 radical (unpaired) electrons. The standard InChI is InChI=1S/C18H21F9O7S/c1-14(28,16(19,20)21)2-4-33-9-11-6-12(8-13(7-11)35(30,31)32)10-34-5-3-15(29,17(22,23)24)18(25,26)27/h6-8,28-29H,2-5,9-10H2,1H3,(H,30,31,32). The van der Waals surface area contributed by atoms with E-state index < -0.39 is 84.0 Å². The van der Waals surface area contributed by atoms with Crippen molar-refractivity contribution in [3.8, 4) is 0 Å². The summed E-state index contributed by atoms with van der Waals surface area (Å²) in [6.07, 6.45) is -19.9. The predicted molar refractivity (Wildman–Crippen MR) is 98.5 cm³/mol. The van der Waals surface area contributed by atoms with Gasteiger partial charge in [-0.25, -0.2) is 0 Å². The van der Waals surface area contributed by atoms with Crippen LogP contribution in [-0.2, 0) is 32.8 Å². The van der Waals surface area contributed by atoms with Crippen LogP contribution in [0.1, 0.15) is 30.9 Å². The Morgan fingerprint density at radius 3 is 1.49 bits per heavy atom. The maximum atomic E-state index is 12.7. The Hall–Kier alpha value is -1.66. The molecule has 1 unspecified atom stereocenters. The van der Waals surface area contributed by atoms with Crippen molar-refractivity contribution in [1.29, 1.82) is 0 Å². The molecule has 0 bridgehead atoms. The molecule has 0 aliphatic heterocycles. The Kier molecular flexibility index (Phi) is 9.64. The van der Waals surface area contributed by atoms with E-state index in [1.54, 1.807) is 0 Å². The molecule has 1 aromatic rings. The van der Waals surface area contributed by atoms with Gasteiger partial charge in [0.05, 0.1) is 31.3 Å². The largest absolute Gasteiger partial charge is 0.426 e. The highest BCUT2D eigenvalue weighted by Gasteiger charge is 2.69. The Bertz CT molecular complexity index is 941. The van der Waals surface area contributed by atoms with Crippen molar-refractivity contribution in [2.24, 2.45) is 0 Å². The van der Waals surface area contributed by atoms with E-state index >= 15 is 0 Å². The molecule has 1 aromatic carbocycles. The average Bonchev–Trinajstić information content (AvgIpc) is 2.65. The molecule has 0 saturated heterocycles. The van der Waals surface area contributed by atoms with E-state index in [9.17, 15) is 57.6 Å². The van der Waals surface area contributed by atoms with Crippen LogP contribution >= 0.6 is 0 Å². The van der Waals surface area contributed by atoms with Crippen LogP contribution in [0.3, 0.4) is 0 Å². The summed E-state index contributed by atoms with van der Waals surface area (Å²) in [7, 11) is -4.85. The van der Waals surface area contributed by atoms with Crippen molar-refractivity contribution >= 4 is 10.1 Å². The van der Waals surface area contributed by atoms with Crippen molar-refractivity contribution < 1.29 is 72.2 Å². The lowest BCUT2D eigenvalue weighted by Gasteiger charge is -2.32. The van der Waals surface area contributed by atoms with E-state index in [2.05, 4.69) is 0 Å². The molecular weight excluding hydrogens is 531 g/mol. The third-order valence-electron chi connectivity index (χ3n) is 4.75. The summed E-state index contributed by atoms with van der Waals surface area (Å²) in [4.78, 5) is -0.762. The fourth-order valence-electron chi connectivity index (χ4n) is 2.50. The van der Waals surface area contributed by atoms with Crippen molar-refractivity contribution in [1.82, 2.24) is 0 Å². The minimum Gasteiger partial charge on any atom is -0.381 e. The van der Waals surface area contributed by atoms with Crippen LogP contribution in [0.15, 0.2) is 23.1 Å². The molecule has 1 atom stereocenters. The second kappa shape index (κ2) is 10.8. The fourth-order valence-corrected chi connectivity index (χ4v) is 3.10. The van der Waals surface area contributed by atoms with Crippen LogP contribution in [0.25, 0.3) is 0 Å². The van der Waals surface area contributed by atoms with E-state index in [0.717, 1.165) is 18.2 Å². The SMILES string of the molecule is CC(O)(CCOCc1cc(COCCC(O)(C(F)(F)F)C(F)(F)F)cc(S(=O)(=O)O)c1)C(F)(F)F. The Balaban J connectivity index is 2.88. The maximum Gasteiger partial charge on any atom is 0.426 e. The van der Waals surface area contributed by atoms with Gasteiger partial charge in [-0.05, 0) is 30.2 Å². The molecule has 35 heavy (non-hydrogen) atoms. The van der Waals surface area contributed by atoms with E-state index in [1.807, 2.05) is 0 Å². The van der Waals surface area contributed by atoms with E-state index in [4.69, 9.17) is 14.6 Å². The molecule has 1 rings (SSSR count). The number of benzene rings is 1. The molecule has 0 amide bonds. The first-order valence-electron chi connectivity index (χ1n) is 9.42. The molecule has 0 spiro atoms. The third kappa shape index (κ3) is 8.45. The molecule has 3 N–H and O–H groups in total. The number of ether oxygens (including phenoxy) is 2. The Labute approximate surface area is 193 Å². The number of alkyl halides is 9. The van der Waals surface area contributed by atoms with Crippen LogP contribution < -0.4 is 0 Å². The number of halogens is 9. The summed E-state index contributed by atoms with van der Waals surface area (Å²) in [5, 5.41) is 18.4. The zero-order chi connectivity index (χ0) is 27.5. The second-order valence-electron chi connectivity index (χ2n) is 7.69. The zero-order valence-electron chi connectivity index (χ0n) is 17.8. The van der Waals surface area contributed by atoms with Gasteiger partial charge in [0.15, 0.2) is 5.60 Å². The summed E-state index contributed by atoms with van der Waals surface area (Å²) in [6, 6.07) is 2.75. The maximum absolute atomic E-state index is 12.7. The van der Waals surface area contributed by atoms with Crippen molar-refractivity contribution in [3.05, 3.63) is 29.3 Å². The van der Waals surface area contributed by atoms with Crippen LogP contribution in [0.4, 0.5) is 39.5 Å². The highest BCUT2D eigenvalue weighted by Crippen LogP contribution is 2.45. The number of hydrogen-bond donors (Lipinski definition) is 3. The van der Waals surface area contributed by atoms with Gasteiger partial charge < -0.3 is 19.7 Å².